The summed E-state index contributed by atoms with van der Waals surface area (Å²) < 4.78 is 20.5. The van der Waals surface area contributed by atoms with E-state index in [1.165, 1.54) is 11.2 Å². The second kappa shape index (κ2) is 14.8. The summed E-state index contributed by atoms with van der Waals surface area (Å²) in [5, 5.41) is 17.1. The molecule has 2 fully saturated rings. The smallest absolute Gasteiger partial charge is 0.321 e. The first-order chi connectivity index (χ1) is 22.8. The van der Waals surface area contributed by atoms with Gasteiger partial charge in [0, 0.05) is 67.4 Å². The molecule has 0 aliphatic carbocycles. The van der Waals surface area contributed by atoms with Crippen LogP contribution in [-0.2, 0) is 21.8 Å². The first-order valence-corrected chi connectivity index (χ1v) is 16.1. The summed E-state index contributed by atoms with van der Waals surface area (Å²) in [5.41, 5.74) is 3.62. The molecule has 2 aliphatic rings. The Hall–Kier alpha value is -4.07. The van der Waals surface area contributed by atoms with E-state index in [-0.39, 0.29) is 31.8 Å². The van der Waals surface area contributed by atoms with Gasteiger partial charge in [0.2, 0.25) is 5.79 Å². The summed E-state index contributed by atoms with van der Waals surface area (Å²) in [6.07, 6.45) is 2.73. The summed E-state index contributed by atoms with van der Waals surface area (Å²) in [5.74, 6) is -0.422. The molecular weight excluding hydrogens is 645 g/mol. The van der Waals surface area contributed by atoms with Crippen LogP contribution in [0.25, 0.3) is 0 Å². The predicted octanol–water partition coefficient (Wildman–Crippen LogP) is 4.71. The van der Waals surface area contributed by atoms with Gasteiger partial charge in [0.15, 0.2) is 0 Å². The van der Waals surface area contributed by atoms with Crippen molar-refractivity contribution in [1.29, 1.82) is 0 Å². The number of hydrogen-bond donors (Lipinski definition) is 2. The molecule has 4 aromatic rings. The third-order valence-electron chi connectivity index (χ3n) is 8.22. The molecule has 2 N–H and O–H groups in total. The van der Waals surface area contributed by atoms with Crippen molar-refractivity contribution in [3.63, 3.8) is 0 Å². The summed E-state index contributed by atoms with van der Waals surface area (Å²) in [6.45, 7) is 4.57. The first kappa shape index (κ1) is 32.9. The maximum atomic E-state index is 12.2. The molecule has 2 unspecified atom stereocenters. The Bertz CT molecular complexity index is 1620. The number of urea groups is 1. The van der Waals surface area contributed by atoms with Crippen LogP contribution >= 0.6 is 23.2 Å². The van der Waals surface area contributed by atoms with Crippen LogP contribution in [0.2, 0.25) is 10.0 Å². The molecule has 2 amide bonds. The Labute approximate surface area is 283 Å². The molecule has 2 atom stereocenters. The number of likely N-dealkylation sites (N-methyl/N-ethyl adjacent to an activating group) is 1. The number of nitrogens with one attached hydrogen (secondary N) is 1. The lowest BCUT2D eigenvalue weighted by Gasteiger charge is -2.37. The molecule has 2 aliphatic heterocycles. The zero-order valence-corrected chi connectivity index (χ0v) is 27.5. The fraction of sp³-hybridized carbons (Fsp3) is 0.364. The number of benzene rings is 3. The van der Waals surface area contributed by atoms with Crippen molar-refractivity contribution in [1.82, 2.24) is 19.7 Å². The number of aliphatic hydroxyl groups is 1. The van der Waals surface area contributed by atoms with Gasteiger partial charge in [-0.15, -0.1) is 0 Å². The quantitative estimate of drug-likeness (QED) is 0.232. The Morgan fingerprint density at radius 3 is 2.34 bits per heavy atom. The van der Waals surface area contributed by atoms with Crippen LogP contribution in [0, 0.1) is 0 Å². The number of hydrogen-bond acceptors (Lipinski definition) is 9. The van der Waals surface area contributed by atoms with Crippen molar-refractivity contribution >= 4 is 46.3 Å². The van der Waals surface area contributed by atoms with E-state index in [1.807, 2.05) is 42.5 Å². The lowest BCUT2D eigenvalue weighted by molar-refractivity contribution is -0.190. The zero-order chi connectivity index (χ0) is 32.8. The maximum absolute atomic E-state index is 12.2. The Balaban J connectivity index is 0.997. The number of aromatic nitrogens is 3. The number of carbonyl (C=O) groups excluding carboxylic acids is 1. The number of anilines is 3. The molecule has 12 nitrogen and oxygen atoms in total. The highest BCUT2D eigenvalue weighted by atomic mass is 35.5. The van der Waals surface area contributed by atoms with Gasteiger partial charge in [-0.1, -0.05) is 29.3 Å². The molecule has 47 heavy (non-hydrogen) atoms. The van der Waals surface area contributed by atoms with Crippen LogP contribution in [0.4, 0.5) is 21.9 Å². The lowest BCUT2D eigenvalue weighted by atomic mass is 10.1. The average Bonchev–Trinajstić information content (AvgIpc) is 3.75. The van der Waals surface area contributed by atoms with Gasteiger partial charge in [-0.3, -0.25) is 0 Å². The monoisotopic (exact) mass is 681 g/mol. The highest BCUT2D eigenvalue weighted by Crippen LogP contribution is 2.40. The normalized spacial score (nSPS) is 19.5. The summed E-state index contributed by atoms with van der Waals surface area (Å²) in [4.78, 5) is 22.3. The minimum atomic E-state index is -1.16. The molecular formula is C33H37Cl2N7O5. The lowest BCUT2D eigenvalue weighted by Crippen LogP contribution is -2.46. The van der Waals surface area contributed by atoms with Crippen LogP contribution in [-0.4, -0.2) is 96.5 Å². The van der Waals surface area contributed by atoms with Crippen molar-refractivity contribution in [2.24, 2.45) is 0 Å². The number of aliphatic hydroxyl groups excluding tert-OH is 1. The minimum absolute atomic E-state index is 0.0747. The third kappa shape index (κ3) is 7.91. The van der Waals surface area contributed by atoms with E-state index < -0.39 is 5.79 Å². The molecule has 2 saturated heterocycles. The van der Waals surface area contributed by atoms with Crippen molar-refractivity contribution in [2.75, 3.05) is 74.7 Å². The highest BCUT2D eigenvalue weighted by molar-refractivity contribution is 6.35. The Morgan fingerprint density at radius 2 is 1.72 bits per heavy atom. The molecule has 248 valence electrons. The SMILES string of the molecule is CN(CCO)C(=O)Nc1ccc(N2CCN(c3ccc(OCC4COC(Cn5cncn5)(c5ccc(Cl)cc5Cl)O4)cc3)CC2)cc1. The Morgan fingerprint density at radius 1 is 1.04 bits per heavy atom. The number of amides is 2. The molecule has 6 rings (SSSR count). The van der Waals surface area contributed by atoms with Gasteiger partial charge in [-0.25, -0.2) is 14.5 Å². The van der Waals surface area contributed by atoms with Gasteiger partial charge < -0.3 is 39.3 Å². The minimum Gasteiger partial charge on any atom is -0.491 e. The topological polar surface area (TPSA) is 117 Å². The molecule has 0 radical (unpaired) electrons. The second-order valence-corrected chi connectivity index (χ2v) is 12.3. The second-order valence-electron chi connectivity index (χ2n) is 11.4. The standard InChI is InChI=1S/C33H37Cl2N7O5/c1-39(16-17-43)32(44)38-25-3-5-26(6-4-25)40-12-14-41(15-13-40)27-7-9-28(10-8-27)45-19-29-20-46-33(47-29,21-42-23-36-22-37-42)30-11-2-24(34)18-31(30)35/h2-11,18,22-23,29,43H,12-17,19-21H2,1H3,(H,38,44). The summed E-state index contributed by atoms with van der Waals surface area (Å²) >= 11 is 12.7. The number of ether oxygens (including phenoxy) is 3. The van der Waals surface area contributed by atoms with Gasteiger partial charge in [0.25, 0.3) is 0 Å². The van der Waals surface area contributed by atoms with E-state index in [9.17, 15) is 4.79 Å². The largest absolute Gasteiger partial charge is 0.491 e. The fourth-order valence-corrected chi connectivity index (χ4v) is 6.23. The number of piperazine rings is 1. The fourth-order valence-electron chi connectivity index (χ4n) is 5.67. The van der Waals surface area contributed by atoms with Crippen LogP contribution in [0.1, 0.15) is 5.56 Å². The van der Waals surface area contributed by atoms with Crippen LogP contribution in [0.3, 0.4) is 0 Å². The van der Waals surface area contributed by atoms with E-state index in [4.69, 9.17) is 42.5 Å². The van der Waals surface area contributed by atoms with Crippen LogP contribution in [0.15, 0.2) is 79.4 Å². The number of halogens is 2. The maximum Gasteiger partial charge on any atom is 0.321 e. The molecule has 3 heterocycles. The molecule has 3 aromatic carbocycles. The van der Waals surface area contributed by atoms with Gasteiger partial charge >= 0.3 is 6.03 Å². The number of rotatable bonds is 11. The van der Waals surface area contributed by atoms with Gasteiger partial charge in [0.05, 0.1) is 18.2 Å². The van der Waals surface area contributed by atoms with E-state index in [1.54, 1.807) is 30.2 Å². The average molecular weight is 683 g/mol. The van der Waals surface area contributed by atoms with E-state index in [2.05, 4.69) is 37.3 Å². The predicted molar refractivity (Wildman–Crippen MR) is 181 cm³/mol. The van der Waals surface area contributed by atoms with Crippen molar-refractivity contribution in [2.45, 2.75) is 18.4 Å². The summed E-state index contributed by atoms with van der Waals surface area (Å²) in [6, 6.07) is 20.9. The molecule has 1 aromatic heterocycles. The van der Waals surface area contributed by atoms with Crippen LogP contribution < -0.4 is 19.9 Å². The van der Waals surface area contributed by atoms with Crippen LogP contribution in [0.5, 0.6) is 5.75 Å². The van der Waals surface area contributed by atoms with Crippen molar-refractivity contribution in [3.05, 3.63) is 95.0 Å². The summed E-state index contributed by atoms with van der Waals surface area (Å²) in [7, 11) is 1.65. The molecule has 0 spiro atoms. The number of nitrogens with zero attached hydrogens (tertiary/aromatic N) is 6. The molecule has 0 saturated carbocycles. The molecule has 0 bridgehead atoms. The van der Waals surface area contributed by atoms with E-state index in [0.717, 1.165) is 43.3 Å². The van der Waals surface area contributed by atoms with Crippen molar-refractivity contribution in [3.8, 4) is 5.75 Å². The Kier molecular flexibility index (Phi) is 10.3. The van der Waals surface area contributed by atoms with E-state index in [0.29, 0.717) is 34.5 Å². The first-order valence-electron chi connectivity index (χ1n) is 15.4. The van der Waals surface area contributed by atoms with E-state index >= 15 is 0 Å². The van der Waals surface area contributed by atoms with Crippen molar-refractivity contribution < 1.29 is 24.1 Å². The van der Waals surface area contributed by atoms with Gasteiger partial charge in [-0.05, 0) is 60.7 Å². The van der Waals surface area contributed by atoms with Gasteiger partial charge in [-0.2, -0.15) is 5.10 Å². The number of carbonyl (C=O) groups is 1. The molecule has 14 heteroatoms. The zero-order valence-electron chi connectivity index (χ0n) is 26.0. The highest BCUT2D eigenvalue weighted by Gasteiger charge is 2.45. The van der Waals surface area contributed by atoms with Gasteiger partial charge in [0.1, 0.15) is 37.7 Å². The third-order valence-corrected chi connectivity index (χ3v) is 8.77.